The molecule has 0 aromatic carbocycles. The van der Waals surface area contributed by atoms with Crippen LogP contribution in [0.5, 0.6) is 0 Å². The third-order valence-electron chi connectivity index (χ3n) is 2.15. The molecule has 86 valence electrons. The summed E-state index contributed by atoms with van der Waals surface area (Å²) < 4.78 is 10.0. The fourth-order valence-electron chi connectivity index (χ4n) is 1.33. The van der Waals surface area contributed by atoms with Crippen molar-refractivity contribution >= 4 is 0 Å². The quantitative estimate of drug-likeness (QED) is 0.694. The first-order chi connectivity index (χ1) is 7.27. The Bertz CT molecular complexity index is 275. The van der Waals surface area contributed by atoms with Crippen LogP contribution in [0.3, 0.4) is 0 Å². The molecule has 0 fully saturated rings. The highest BCUT2D eigenvalue weighted by molar-refractivity contribution is 4.91. The molecular formula is C10H19N3O2. The Balaban J connectivity index is 2.41. The summed E-state index contributed by atoms with van der Waals surface area (Å²) in [6.45, 7) is 2.79. The fourth-order valence-corrected chi connectivity index (χ4v) is 1.33. The van der Waals surface area contributed by atoms with Gasteiger partial charge in [-0.05, 0) is 12.8 Å². The normalized spacial score (nSPS) is 13.0. The van der Waals surface area contributed by atoms with Gasteiger partial charge in [0.1, 0.15) is 0 Å². The molecule has 0 amide bonds. The van der Waals surface area contributed by atoms with Crippen LogP contribution >= 0.6 is 0 Å². The van der Waals surface area contributed by atoms with E-state index in [4.69, 9.17) is 15.0 Å². The van der Waals surface area contributed by atoms with E-state index in [0.29, 0.717) is 18.3 Å². The molecule has 1 atom stereocenters. The van der Waals surface area contributed by atoms with Crippen molar-refractivity contribution in [2.75, 3.05) is 13.7 Å². The van der Waals surface area contributed by atoms with Crippen LogP contribution in [0.15, 0.2) is 4.52 Å². The van der Waals surface area contributed by atoms with Gasteiger partial charge in [-0.3, -0.25) is 0 Å². The molecule has 0 aliphatic heterocycles. The average molecular weight is 213 g/mol. The first-order valence-electron chi connectivity index (χ1n) is 5.35. The van der Waals surface area contributed by atoms with Crippen molar-refractivity contribution in [1.29, 1.82) is 0 Å². The number of aryl methyl sites for hydroxylation is 1. The lowest BCUT2D eigenvalue weighted by Gasteiger charge is -2.02. The van der Waals surface area contributed by atoms with Crippen molar-refractivity contribution in [2.24, 2.45) is 5.73 Å². The highest BCUT2D eigenvalue weighted by Crippen LogP contribution is 2.13. The van der Waals surface area contributed by atoms with Crippen LogP contribution in [0.4, 0.5) is 0 Å². The van der Waals surface area contributed by atoms with Crippen molar-refractivity contribution in [3.63, 3.8) is 0 Å². The van der Waals surface area contributed by atoms with Crippen LogP contribution in [0.25, 0.3) is 0 Å². The van der Waals surface area contributed by atoms with Crippen LogP contribution in [-0.2, 0) is 11.2 Å². The third kappa shape index (κ3) is 3.97. The van der Waals surface area contributed by atoms with Crippen molar-refractivity contribution in [3.8, 4) is 0 Å². The summed E-state index contributed by atoms with van der Waals surface area (Å²) in [6.07, 6.45) is 3.57. The molecule has 0 saturated carbocycles. The van der Waals surface area contributed by atoms with Gasteiger partial charge in [-0.2, -0.15) is 4.98 Å². The molecule has 0 spiro atoms. The number of methoxy groups -OCH3 is 1. The summed E-state index contributed by atoms with van der Waals surface area (Å²) in [5, 5.41) is 3.87. The summed E-state index contributed by atoms with van der Waals surface area (Å²) in [5.41, 5.74) is 5.85. The van der Waals surface area contributed by atoms with Gasteiger partial charge in [0.2, 0.25) is 5.89 Å². The minimum absolute atomic E-state index is 0.126. The van der Waals surface area contributed by atoms with Crippen molar-refractivity contribution in [1.82, 2.24) is 10.1 Å². The van der Waals surface area contributed by atoms with Gasteiger partial charge in [0.25, 0.3) is 0 Å². The summed E-state index contributed by atoms with van der Waals surface area (Å²) in [5.74, 6) is 1.26. The van der Waals surface area contributed by atoms with Gasteiger partial charge in [-0.1, -0.05) is 18.5 Å². The lowest BCUT2D eigenvalue weighted by Crippen LogP contribution is -2.10. The second-order valence-corrected chi connectivity index (χ2v) is 3.54. The van der Waals surface area contributed by atoms with Gasteiger partial charge in [-0.25, -0.2) is 0 Å². The lowest BCUT2D eigenvalue weighted by atomic mass is 10.2. The van der Waals surface area contributed by atoms with Crippen LogP contribution in [0, 0.1) is 0 Å². The highest BCUT2D eigenvalue weighted by Gasteiger charge is 2.13. The summed E-state index contributed by atoms with van der Waals surface area (Å²) >= 11 is 0. The standard InChI is InChI=1S/C10H19N3O2/c1-3-5-8(11)10-12-9(13-15-10)6-4-7-14-2/h8H,3-7,11H2,1-2H3/t8-/m0/s1. The van der Waals surface area contributed by atoms with E-state index in [2.05, 4.69) is 17.1 Å². The lowest BCUT2D eigenvalue weighted by molar-refractivity contribution is 0.194. The van der Waals surface area contributed by atoms with Crippen molar-refractivity contribution in [2.45, 2.75) is 38.6 Å². The Labute approximate surface area is 90.0 Å². The maximum absolute atomic E-state index is 5.85. The minimum Gasteiger partial charge on any atom is -0.385 e. The van der Waals surface area contributed by atoms with Gasteiger partial charge in [0.15, 0.2) is 5.82 Å². The Morgan fingerprint density at radius 3 is 3.00 bits per heavy atom. The van der Waals surface area contributed by atoms with E-state index in [0.717, 1.165) is 25.7 Å². The number of hydrogen-bond donors (Lipinski definition) is 1. The van der Waals surface area contributed by atoms with E-state index in [1.165, 1.54) is 0 Å². The van der Waals surface area contributed by atoms with E-state index in [1.807, 2.05) is 0 Å². The van der Waals surface area contributed by atoms with Crippen molar-refractivity contribution < 1.29 is 9.26 Å². The summed E-state index contributed by atoms with van der Waals surface area (Å²) in [4.78, 5) is 4.24. The summed E-state index contributed by atoms with van der Waals surface area (Å²) in [7, 11) is 1.68. The Kier molecular flexibility index (Phi) is 5.28. The Morgan fingerprint density at radius 2 is 2.33 bits per heavy atom. The van der Waals surface area contributed by atoms with E-state index in [1.54, 1.807) is 7.11 Å². The fraction of sp³-hybridized carbons (Fsp3) is 0.800. The maximum atomic E-state index is 5.85. The van der Waals surface area contributed by atoms with Gasteiger partial charge in [0.05, 0.1) is 6.04 Å². The first-order valence-corrected chi connectivity index (χ1v) is 5.35. The number of aromatic nitrogens is 2. The molecule has 1 rings (SSSR count). The minimum atomic E-state index is -0.126. The molecule has 1 aromatic heterocycles. The predicted molar refractivity (Wildman–Crippen MR) is 56.3 cm³/mol. The molecule has 0 aliphatic carbocycles. The molecule has 0 bridgehead atoms. The predicted octanol–water partition coefficient (Wildman–Crippen LogP) is 1.45. The molecule has 5 heteroatoms. The van der Waals surface area contributed by atoms with Crippen molar-refractivity contribution in [3.05, 3.63) is 11.7 Å². The van der Waals surface area contributed by atoms with E-state index < -0.39 is 0 Å². The Morgan fingerprint density at radius 1 is 1.53 bits per heavy atom. The van der Waals surface area contributed by atoms with E-state index in [9.17, 15) is 0 Å². The molecule has 0 radical (unpaired) electrons. The number of rotatable bonds is 7. The largest absolute Gasteiger partial charge is 0.385 e. The maximum Gasteiger partial charge on any atom is 0.243 e. The molecule has 0 unspecified atom stereocenters. The van der Waals surface area contributed by atoms with Crippen LogP contribution in [0.2, 0.25) is 0 Å². The molecular weight excluding hydrogens is 194 g/mol. The average Bonchev–Trinajstić information content (AvgIpc) is 2.67. The molecule has 1 aromatic rings. The molecule has 0 saturated heterocycles. The smallest absolute Gasteiger partial charge is 0.243 e. The second-order valence-electron chi connectivity index (χ2n) is 3.54. The summed E-state index contributed by atoms with van der Waals surface area (Å²) in [6, 6.07) is -0.126. The molecule has 15 heavy (non-hydrogen) atoms. The van der Waals surface area contributed by atoms with Gasteiger partial charge in [-0.15, -0.1) is 0 Å². The van der Waals surface area contributed by atoms with Gasteiger partial charge >= 0.3 is 0 Å². The zero-order chi connectivity index (χ0) is 11.1. The Hall–Kier alpha value is -0.940. The van der Waals surface area contributed by atoms with Gasteiger partial charge in [0, 0.05) is 20.1 Å². The van der Waals surface area contributed by atoms with Gasteiger partial charge < -0.3 is 15.0 Å². The number of ether oxygens (including phenoxy) is 1. The molecule has 2 N–H and O–H groups in total. The number of nitrogens with zero attached hydrogens (tertiary/aromatic N) is 2. The number of nitrogens with two attached hydrogens (primary N) is 1. The second kappa shape index (κ2) is 6.53. The topological polar surface area (TPSA) is 74.2 Å². The van der Waals surface area contributed by atoms with Crippen LogP contribution < -0.4 is 5.73 Å². The van der Waals surface area contributed by atoms with Crippen LogP contribution in [0.1, 0.15) is 43.9 Å². The molecule has 0 aliphatic rings. The van der Waals surface area contributed by atoms with E-state index >= 15 is 0 Å². The zero-order valence-corrected chi connectivity index (χ0v) is 9.40. The molecule has 5 nitrogen and oxygen atoms in total. The SMILES string of the molecule is CCC[C@H](N)c1nc(CCCOC)no1. The third-order valence-corrected chi connectivity index (χ3v) is 2.15. The van der Waals surface area contributed by atoms with E-state index in [-0.39, 0.29) is 6.04 Å². The first kappa shape index (κ1) is 12.1. The molecule has 1 heterocycles. The zero-order valence-electron chi connectivity index (χ0n) is 9.40. The number of hydrogen-bond acceptors (Lipinski definition) is 5. The van der Waals surface area contributed by atoms with Crippen LogP contribution in [-0.4, -0.2) is 23.9 Å². The highest BCUT2D eigenvalue weighted by atomic mass is 16.5. The monoisotopic (exact) mass is 213 g/mol.